The minimum Gasteiger partial charge on any atom is -0.449 e. The second kappa shape index (κ2) is 12.2. The number of benzene rings is 2. The number of hydrogen-bond donors (Lipinski definition) is 1. The van der Waals surface area contributed by atoms with Crippen molar-refractivity contribution in [1.82, 2.24) is 0 Å². The van der Waals surface area contributed by atoms with Crippen molar-refractivity contribution in [2.24, 2.45) is 5.73 Å². The van der Waals surface area contributed by atoms with Crippen LogP contribution in [0.15, 0.2) is 36.4 Å². The molecule has 1 unspecified atom stereocenters. The molecule has 0 spiro atoms. The van der Waals surface area contributed by atoms with Gasteiger partial charge in [-0.25, -0.2) is 4.79 Å². The van der Waals surface area contributed by atoms with Crippen molar-refractivity contribution in [2.75, 3.05) is 13.2 Å². The second-order valence-electron chi connectivity index (χ2n) is 6.38. The molecule has 33 heavy (non-hydrogen) atoms. The van der Waals surface area contributed by atoms with Gasteiger partial charge in [-0.05, 0) is 45.0 Å². The van der Waals surface area contributed by atoms with Crippen LogP contribution >= 0.6 is 11.6 Å². The molecule has 0 aliphatic carbocycles. The van der Waals surface area contributed by atoms with Crippen LogP contribution in [0.2, 0.25) is 5.02 Å². The maximum Gasteiger partial charge on any atom is 0.416 e. The van der Waals surface area contributed by atoms with E-state index in [9.17, 15) is 32.9 Å². The monoisotopic (exact) mass is 490 g/mol. The van der Waals surface area contributed by atoms with Crippen molar-refractivity contribution in [3.8, 4) is 11.1 Å². The smallest absolute Gasteiger partial charge is 0.416 e. The highest BCUT2D eigenvalue weighted by Gasteiger charge is 2.33. The zero-order valence-electron chi connectivity index (χ0n) is 17.9. The SMILES string of the molecule is CC(OC(=O)c1cccc(-c2ccc(C(F)(F)F)cc2Cl)c1[N+](=O)[O-])C(N)=O.CCOCC. The van der Waals surface area contributed by atoms with Gasteiger partial charge in [0.15, 0.2) is 6.10 Å². The van der Waals surface area contributed by atoms with Crippen molar-refractivity contribution in [3.63, 3.8) is 0 Å². The molecule has 180 valence electrons. The summed E-state index contributed by atoms with van der Waals surface area (Å²) in [7, 11) is 0. The van der Waals surface area contributed by atoms with Gasteiger partial charge in [-0.3, -0.25) is 14.9 Å². The number of primary amides is 1. The summed E-state index contributed by atoms with van der Waals surface area (Å²) in [4.78, 5) is 33.9. The first-order valence-corrected chi connectivity index (χ1v) is 9.95. The maximum absolute atomic E-state index is 12.8. The average molecular weight is 491 g/mol. The minimum atomic E-state index is -4.65. The van der Waals surface area contributed by atoms with E-state index in [1.165, 1.54) is 19.1 Å². The molecule has 0 heterocycles. The zero-order chi connectivity index (χ0) is 25.3. The number of halogens is 4. The number of nitro groups is 1. The first-order valence-electron chi connectivity index (χ1n) is 9.57. The number of carbonyl (C=O) groups is 2. The largest absolute Gasteiger partial charge is 0.449 e. The molecule has 0 aromatic heterocycles. The van der Waals surface area contributed by atoms with Crippen molar-refractivity contribution >= 4 is 29.2 Å². The predicted octanol–water partition coefficient (Wildman–Crippen LogP) is 5.01. The molecule has 2 N–H and O–H groups in total. The number of nitrogens with two attached hydrogens (primary N) is 1. The lowest BCUT2D eigenvalue weighted by Gasteiger charge is -2.13. The first-order chi connectivity index (χ1) is 15.3. The van der Waals surface area contributed by atoms with Crippen LogP contribution in [0.25, 0.3) is 11.1 Å². The van der Waals surface area contributed by atoms with Gasteiger partial charge in [0.25, 0.3) is 11.6 Å². The summed E-state index contributed by atoms with van der Waals surface area (Å²) in [5.74, 6) is -2.15. The fourth-order valence-corrected chi connectivity index (χ4v) is 2.80. The Balaban J connectivity index is 0.000000981. The Kier molecular flexibility index (Phi) is 10.3. The number of esters is 1. The number of alkyl halides is 3. The van der Waals surface area contributed by atoms with Crippen molar-refractivity contribution in [3.05, 3.63) is 62.7 Å². The molecule has 0 fully saturated rings. The zero-order valence-corrected chi connectivity index (χ0v) is 18.7. The molecule has 1 amide bonds. The van der Waals surface area contributed by atoms with Gasteiger partial charge in [-0.15, -0.1) is 0 Å². The van der Waals surface area contributed by atoms with Crippen LogP contribution in [0, 0.1) is 10.1 Å². The van der Waals surface area contributed by atoms with Gasteiger partial charge in [-0.1, -0.05) is 23.7 Å². The molecule has 0 saturated carbocycles. The standard InChI is InChI=1S/C17H12ClF3N2O5.C4H10O/c1-8(15(22)24)28-16(25)12-4-2-3-11(14(12)23(26)27)10-6-5-9(7-13(10)18)17(19,20)21;1-3-5-4-2/h2-8H,1H3,(H2,22,24);3-4H2,1-2H3. The van der Waals surface area contributed by atoms with E-state index >= 15 is 0 Å². The number of para-hydroxylation sites is 1. The van der Waals surface area contributed by atoms with Crippen molar-refractivity contribution in [1.29, 1.82) is 0 Å². The van der Waals surface area contributed by atoms with Crippen LogP contribution in [-0.2, 0) is 20.4 Å². The van der Waals surface area contributed by atoms with E-state index in [1.54, 1.807) is 0 Å². The third-order valence-electron chi connectivity index (χ3n) is 4.12. The summed E-state index contributed by atoms with van der Waals surface area (Å²) >= 11 is 5.90. The lowest BCUT2D eigenvalue weighted by Crippen LogP contribution is -2.30. The van der Waals surface area contributed by atoms with Gasteiger partial charge in [0.1, 0.15) is 5.56 Å². The summed E-state index contributed by atoms with van der Waals surface area (Å²) < 4.78 is 48.0. The molecule has 12 heteroatoms. The Bertz CT molecular complexity index is 1010. The highest BCUT2D eigenvalue weighted by molar-refractivity contribution is 6.33. The fourth-order valence-electron chi connectivity index (χ4n) is 2.52. The summed E-state index contributed by atoms with van der Waals surface area (Å²) in [5, 5.41) is 11.2. The Morgan fingerprint density at radius 1 is 1.15 bits per heavy atom. The molecule has 0 radical (unpaired) electrons. The van der Waals surface area contributed by atoms with E-state index in [-0.39, 0.29) is 11.1 Å². The molecular weight excluding hydrogens is 469 g/mol. The highest BCUT2D eigenvalue weighted by Crippen LogP contribution is 2.40. The van der Waals surface area contributed by atoms with Crippen LogP contribution < -0.4 is 5.73 Å². The molecule has 0 bridgehead atoms. The summed E-state index contributed by atoms with van der Waals surface area (Å²) in [5.41, 5.74) is 2.45. The molecule has 2 rings (SSSR count). The number of amides is 1. The van der Waals surface area contributed by atoms with Crippen LogP contribution in [0.4, 0.5) is 18.9 Å². The van der Waals surface area contributed by atoms with Crippen LogP contribution in [0.3, 0.4) is 0 Å². The Labute approximate surface area is 192 Å². The van der Waals surface area contributed by atoms with Gasteiger partial charge in [0, 0.05) is 23.8 Å². The molecule has 2 aromatic rings. The highest BCUT2D eigenvalue weighted by atomic mass is 35.5. The Morgan fingerprint density at radius 3 is 2.18 bits per heavy atom. The third kappa shape index (κ3) is 7.72. The molecule has 1 atom stereocenters. The molecular formula is C21H22ClF3N2O6. The van der Waals surface area contributed by atoms with Crippen molar-refractivity contribution in [2.45, 2.75) is 33.1 Å². The Hall–Kier alpha value is -3.18. The van der Waals surface area contributed by atoms with Crippen LogP contribution in [0.5, 0.6) is 0 Å². The van der Waals surface area contributed by atoms with Crippen LogP contribution in [0.1, 0.15) is 36.7 Å². The Morgan fingerprint density at radius 2 is 1.76 bits per heavy atom. The maximum atomic E-state index is 12.8. The molecule has 8 nitrogen and oxygen atoms in total. The normalized spacial score (nSPS) is 11.7. The van der Waals surface area contributed by atoms with E-state index < -0.39 is 50.9 Å². The number of ether oxygens (including phenoxy) is 2. The summed E-state index contributed by atoms with van der Waals surface area (Å²) in [6.45, 7) is 6.85. The number of carbonyl (C=O) groups excluding carboxylic acids is 2. The predicted molar refractivity (Wildman–Crippen MR) is 115 cm³/mol. The molecule has 0 saturated heterocycles. The summed E-state index contributed by atoms with van der Waals surface area (Å²) in [6, 6.07) is 5.87. The fraction of sp³-hybridized carbons (Fsp3) is 0.333. The van der Waals surface area contributed by atoms with Gasteiger partial charge in [0.2, 0.25) is 0 Å². The third-order valence-corrected chi connectivity index (χ3v) is 4.43. The quantitative estimate of drug-likeness (QED) is 0.331. The lowest BCUT2D eigenvalue weighted by atomic mass is 9.98. The number of rotatable bonds is 7. The molecule has 2 aromatic carbocycles. The topological polar surface area (TPSA) is 122 Å². The number of nitrogens with zero attached hydrogens (tertiary/aromatic N) is 1. The molecule has 0 aliphatic rings. The van der Waals surface area contributed by atoms with Gasteiger partial charge in [-0.2, -0.15) is 13.2 Å². The first kappa shape index (κ1) is 27.9. The average Bonchev–Trinajstić information content (AvgIpc) is 2.73. The van der Waals surface area contributed by atoms with E-state index in [1.807, 2.05) is 13.8 Å². The lowest BCUT2D eigenvalue weighted by molar-refractivity contribution is -0.384. The second-order valence-corrected chi connectivity index (χ2v) is 6.79. The van der Waals surface area contributed by atoms with E-state index in [4.69, 9.17) is 26.8 Å². The number of hydrogen-bond acceptors (Lipinski definition) is 6. The van der Waals surface area contributed by atoms with Gasteiger partial charge < -0.3 is 15.2 Å². The van der Waals surface area contributed by atoms with Gasteiger partial charge in [0.05, 0.1) is 16.1 Å². The summed E-state index contributed by atoms with van der Waals surface area (Å²) in [6.07, 6.45) is -5.99. The van der Waals surface area contributed by atoms with E-state index in [0.29, 0.717) is 12.1 Å². The van der Waals surface area contributed by atoms with Gasteiger partial charge >= 0.3 is 12.1 Å². The number of nitro benzene ring substituents is 1. The molecule has 0 aliphatic heterocycles. The van der Waals surface area contributed by atoms with Crippen molar-refractivity contribution < 1.29 is 37.2 Å². The van der Waals surface area contributed by atoms with E-state index in [0.717, 1.165) is 25.3 Å². The van der Waals surface area contributed by atoms with Crippen LogP contribution in [-0.4, -0.2) is 36.1 Å². The minimum absolute atomic E-state index is 0.0843. The van der Waals surface area contributed by atoms with E-state index in [2.05, 4.69) is 0 Å².